The van der Waals surface area contributed by atoms with E-state index in [1.807, 2.05) is 30.3 Å². The molecule has 4 rings (SSSR count). The fraction of sp³-hybridized carbons (Fsp3) is 0.0952. The molecule has 2 aromatic heterocycles. The van der Waals surface area contributed by atoms with Gasteiger partial charge >= 0.3 is 0 Å². The lowest BCUT2D eigenvalue weighted by atomic mass is 10.1. The van der Waals surface area contributed by atoms with Gasteiger partial charge < -0.3 is 5.32 Å². The van der Waals surface area contributed by atoms with Crippen molar-refractivity contribution in [2.24, 2.45) is 0 Å². The van der Waals surface area contributed by atoms with Gasteiger partial charge in [0, 0.05) is 5.69 Å². The van der Waals surface area contributed by atoms with Crippen molar-refractivity contribution in [1.29, 1.82) is 0 Å². The van der Waals surface area contributed by atoms with Gasteiger partial charge in [0.25, 0.3) is 11.7 Å². The van der Waals surface area contributed by atoms with E-state index in [0.717, 1.165) is 11.4 Å². The van der Waals surface area contributed by atoms with E-state index in [9.17, 15) is 9.59 Å². The number of aryl methyl sites for hydroxylation is 1. The lowest BCUT2D eigenvalue weighted by Crippen LogP contribution is -2.24. The van der Waals surface area contributed by atoms with Gasteiger partial charge in [-0.2, -0.15) is 10.2 Å². The number of benzene rings is 2. The van der Waals surface area contributed by atoms with E-state index in [1.54, 1.807) is 53.8 Å². The lowest BCUT2D eigenvalue weighted by Gasteiger charge is -2.07. The van der Waals surface area contributed by atoms with Crippen molar-refractivity contribution < 1.29 is 9.59 Å². The maximum atomic E-state index is 12.8. The van der Waals surface area contributed by atoms with Gasteiger partial charge in [0.2, 0.25) is 0 Å². The Kier molecular flexibility index (Phi) is 4.74. The molecular weight excluding hydrogens is 368 g/mol. The Balaban J connectivity index is 1.54. The molecule has 1 N–H and O–H groups in total. The van der Waals surface area contributed by atoms with Crippen molar-refractivity contribution in [2.75, 3.05) is 5.32 Å². The average Bonchev–Trinajstić information content (AvgIpc) is 3.37. The number of amides is 1. The summed E-state index contributed by atoms with van der Waals surface area (Å²) in [6.45, 7) is 3.50. The molecule has 0 spiro atoms. The molecule has 4 aromatic rings. The fourth-order valence-corrected chi connectivity index (χ4v) is 3.13. The molecular formula is C21H18N6O2. The highest BCUT2D eigenvalue weighted by molar-refractivity contribution is 6.47. The number of carbonyl (C=O) groups excluding carboxylic acids is 2. The second kappa shape index (κ2) is 7.51. The minimum absolute atomic E-state index is 0.311. The van der Waals surface area contributed by atoms with E-state index in [-0.39, 0.29) is 0 Å². The molecule has 0 fully saturated rings. The quantitative estimate of drug-likeness (QED) is 0.420. The van der Waals surface area contributed by atoms with Crippen molar-refractivity contribution in [3.63, 3.8) is 0 Å². The number of nitrogens with one attached hydrogen (secondary N) is 1. The smallest absolute Gasteiger partial charge is 0.296 e. The van der Waals surface area contributed by atoms with Crippen molar-refractivity contribution in [2.45, 2.75) is 13.8 Å². The first-order valence-corrected chi connectivity index (χ1v) is 8.97. The predicted molar refractivity (Wildman–Crippen MR) is 107 cm³/mol. The predicted octanol–water partition coefficient (Wildman–Crippen LogP) is 2.89. The summed E-state index contributed by atoms with van der Waals surface area (Å²) in [5.41, 5.74) is 3.57. The summed E-state index contributed by atoms with van der Waals surface area (Å²) in [7, 11) is 0. The van der Waals surface area contributed by atoms with Gasteiger partial charge in [-0.15, -0.1) is 0 Å². The number of hydrogen-bond donors (Lipinski definition) is 1. The SMILES string of the molecule is Cc1nn(-c2ccccc2)c(C)c1C(=O)C(=O)Nc1ccc(-n2cncn2)cc1. The molecule has 0 atom stereocenters. The molecule has 2 heterocycles. The van der Waals surface area contributed by atoms with Gasteiger partial charge in [-0.1, -0.05) is 18.2 Å². The monoisotopic (exact) mass is 386 g/mol. The van der Waals surface area contributed by atoms with Gasteiger partial charge in [0.1, 0.15) is 12.7 Å². The summed E-state index contributed by atoms with van der Waals surface area (Å²) < 4.78 is 3.27. The van der Waals surface area contributed by atoms with Crippen molar-refractivity contribution in [1.82, 2.24) is 24.5 Å². The van der Waals surface area contributed by atoms with Gasteiger partial charge in [0.05, 0.1) is 28.3 Å². The number of hydrogen-bond acceptors (Lipinski definition) is 5. The van der Waals surface area contributed by atoms with Crippen LogP contribution in [0, 0.1) is 13.8 Å². The average molecular weight is 386 g/mol. The van der Waals surface area contributed by atoms with Crippen LogP contribution in [0.5, 0.6) is 0 Å². The minimum Gasteiger partial charge on any atom is -0.319 e. The summed E-state index contributed by atoms with van der Waals surface area (Å²) in [5.74, 6) is -1.33. The number of Topliss-reactive ketones (excluding diaryl/α,β-unsaturated/α-hetero) is 1. The Morgan fingerprint density at radius 3 is 2.31 bits per heavy atom. The Labute approximate surface area is 166 Å². The standard InChI is InChI=1S/C21H18N6O2/c1-14-19(15(2)27(25-14)18-6-4-3-5-7-18)20(28)21(29)24-16-8-10-17(11-9-16)26-13-22-12-23-26/h3-13H,1-2H3,(H,24,29). The number of carbonyl (C=O) groups is 2. The number of anilines is 1. The minimum atomic E-state index is -0.711. The van der Waals surface area contributed by atoms with Crippen LogP contribution in [0.4, 0.5) is 5.69 Å². The molecule has 29 heavy (non-hydrogen) atoms. The van der Waals surface area contributed by atoms with Gasteiger partial charge in [0.15, 0.2) is 0 Å². The molecule has 0 saturated carbocycles. The van der Waals surface area contributed by atoms with E-state index in [0.29, 0.717) is 22.6 Å². The van der Waals surface area contributed by atoms with Crippen LogP contribution >= 0.6 is 0 Å². The first-order chi connectivity index (χ1) is 14.0. The molecule has 0 aliphatic rings. The molecule has 0 saturated heterocycles. The molecule has 1 amide bonds. The van der Waals surface area contributed by atoms with Crippen LogP contribution in [0.1, 0.15) is 21.7 Å². The van der Waals surface area contributed by atoms with Gasteiger partial charge in [-0.05, 0) is 50.2 Å². The number of rotatable bonds is 5. The highest BCUT2D eigenvalue weighted by atomic mass is 16.2. The maximum absolute atomic E-state index is 12.8. The summed E-state index contributed by atoms with van der Waals surface area (Å²) in [4.78, 5) is 29.2. The normalized spacial score (nSPS) is 10.7. The highest BCUT2D eigenvalue weighted by Crippen LogP contribution is 2.19. The number of aromatic nitrogens is 5. The number of para-hydroxylation sites is 1. The van der Waals surface area contributed by atoms with Crippen molar-refractivity contribution >= 4 is 17.4 Å². The lowest BCUT2D eigenvalue weighted by molar-refractivity contribution is -0.112. The van der Waals surface area contributed by atoms with E-state index in [4.69, 9.17) is 0 Å². The summed E-state index contributed by atoms with van der Waals surface area (Å²) >= 11 is 0. The number of ketones is 1. The van der Waals surface area contributed by atoms with Crippen LogP contribution in [0.25, 0.3) is 11.4 Å². The molecule has 8 nitrogen and oxygen atoms in total. The Bertz CT molecular complexity index is 1160. The van der Waals surface area contributed by atoms with Gasteiger partial charge in [-0.3, -0.25) is 9.59 Å². The Hall–Kier alpha value is -4.07. The van der Waals surface area contributed by atoms with Crippen LogP contribution in [0.2, 0.25) is 0 Å². The number of nitrogens with zero attached hydrogens (tertiary/aromatic N) is 5. The van der Waals surface area contributed by atoms with Crippen molar-refractivity contribution in [3.05, 3.63) is 84.2 Å². The zero-order valence-corrected chi connectivity index (χ0v) is 15.9. The molecule has 0 bridgehead atoms. The van der Waals surface area contributed by atoms with E-state index in [2.05, 4.69) is 20.5 Å². The summed E-state index contributed by atoms with van der Waals surface area (Å²) in [6.07, 6.45) is 3.02. The first-order valence-electron chi connectivity index (χ1n) is 8.97. The van der Waals surface area contributed by atoms with E-state index < -0.39 is 11.7 Å². The third-order valence-corrected chi connectivity index (χ3v) is 4.53. The molecule has 8 heteroatoms. The molecule has 0 aliphatic heterocycles. The van der Waals surface area contributed by atoms with Crippen LogP contribution < -0.4 is 5.32 Å². The van der Waals surface area contributed by atoms with E-state index >= 15 is 0 Å². The summed E-state index contributed by atoms with van der Waals surface area (Å²) in [6, 6.07) is 16.4. The molecule has 2 aromatic carbocycles. The highest BCUT2D eigenvalue weighted by Gasteiger charge is 2.25. The van der Waals surface area contributed by atoms with Crippen LogP contribution in [-0.2, 0) is 4.79 Å². The maximum Gasteiger partial charge on any atom is 0.296 e. The second-order valence-electron chi connectivity index (χ2n) is 6.46. The first kappa shape index (κ1) is 18.3. The molecule has 0 unspecified atom stereocenters. The second-order valence-corrected chi connectivity index (χ2v) is 6.46. The van der Waals surface area contributed by atoms with Crippen LogP contribution in [0.3, 0.4) is 0 Å². The summed E-state index contributed by atoms with van der Waals surface area (Å²) in [5, 5.41) is 11.1. The topological polar surface area (TPSA) is 94.7 Å². The zero-order valence-electron chi connectivity index (χ0n) is 15.9. The third-order valence-electron chi connectivity index (χ3n) is 4.53. The van der Waals surface area contributed by atoms with Crippen molar-refractivity contribution in [3.8, 4) is 11.4 Å². The van der Waals surface area contributed by atoms with Crippen LogP contribution in [0.15, 0.2) is 67.3 Å². The van der Waals surface area contributed by atoms with Crippen LogP contribution in [-0.4, -0.2) is 36.2 Å². The Morgan fingerprint density at radius 2 is 1.66 bits per heavy atom. The largest absolute Gasteiger partial charge is 0.319 e. The molecule has 144 valence electrons. The fourth-order valence-electron chi connectivity index (χ4n) is 3.13. The third kappa shape index (κ3) is 3.55. The zero-order chi connectivity index (χ0) is 20.4. The van der Waals surface area contributed by atoms with Gasteiger partial charge in [-0.25, -0.2) is 14.3 Å². The Morgan fingerprint density at radius 1 is 0.931 bits per heavy atom. The molecule has 0 radical (unpaired) electrons. The molecule has 0 aliphatic carbocycles. The van der Waals surface area contributed by atoms with E-state index in [1.165, 1.54) is 6.33 Å².